The second-order valence-corrected chi connectivity index (χ2v) is 6.07. The van der Waals surface area contributed by atoms with Gasteiger partial charge in [-0.25, -0.2) is 0 Å². The molecule has 2 rings (SSSR count). The van der Waals surface area contributed by atoms with Gasteiger partial charge in [0.05, 0.1) is 18.2 Å². The van der Waals surface area contributed by atoms with Crippen molar-refractivity contribution in [2.75, 3.05) is 19.7 Å². The Kier molecular flexibility index (Phi) is 4.29. The van der Waals surface area contributed by atoms with Gasteiger partial charge in [-0.15, -0.1) is 0 Å². The van der Waals surface area contributed by atoms with Gasteiger partial charge in [0.15, 0.2) is 5.78 Å². The minimum absolute atomic E-state index is 0.111. The molecular formula is C15H20ClNO2. The SMILES string of the molecule is CC(C(=O)c1cccc(Cl)c1)N1CCOC(C)(C)C1. The number of rotatable bonds is 3. The molecule has 3 nitrogen and oxygen atoms in total. The van der Waals surface area contributed by atoms with Crippen LogP contribution in [-0.4, -0.2) is 42.0 Å². The van der Waals surface area contributed by atoms with Crippen LogP contribution in [0.4, 0.5) is 0 Å². The van der Waals surface area contributed by atoms with Gasteiger partial charge >= 0.3 is 0 Å². The van der Waals surface area contributed by atoms with Crippen LogP contribution in [0.5, 0.6) is 0 Å². The van der Waals surface area contributed by atoms with Gasteiger partial charge in [0.25, 0.3) is 0 Å². The molecule has 19 heavy (non-hydrogen) atoms. The van der Waals surface area contributed by atoms with E-state index in [2.05, 4.69) is 18.7 Å². The minimum Gasteiger partial charge on any atom is -0.373 e. The van der Waals surface area contributed by atoms with Crippen LogP contribution < -0.4 is 0 Å². The molecule has 0 bridgehead atoms. The lowest BCUT2D eigenvalue weighted by atomic mass is 10.0. The van der Waals surface area contributed by atoms with Gasteiger partial charge in [-0.05, 0) is 32.9 Å². The van der Waals surface area contributed by atoms with E-state index in [1.54, 1.807) is 12.1 Å². The van der Waals surface area contributed by atoms with E-state index in [0.717, 1.165) is 13.1 Å². The van der Waals surface area contributed by atoms with Crippen molar-refractivity contribution in [3.8, 4) is 0 Å². The molecule has 1 atom stereocenters. The Hall–Kier alpha value is -0.900. The Balaban J connectivity index is 2.11. The molecule has 0 radical (unpaired) electrons. The molecule has 1 unspecified atom stereocenters. The number of hydrogen-bond acceptors (Lipinski definition) is 3. The number of carbonyl (C=O) groups is 1. The van der Waals surface area contributed by atoms with E-state index in [0.29, 0.717) is 17.2 Å². The second kappa shape index (κ2) is 5.61. The lowest BCUT2D eigenvalue weighted by molar-refractivity contribution is -0.0915. The van der Waals surface area contributed by atoms with Crippen LogP contribution in [0.2, 0.25) is 5.02 Å². The van der Waals surface area contributed by atoms with Crippen LogP contribution in [0.15, 0.2) is 24.3 Å². The fourth-order valence-corrected chi connectivity index (χ4v) is 2.62. The molecule has 0 spiro atoms. The van der Waals surface area contributed by atoms with Crippen molar-refractivity contribution in [2.45, 2.75) is 32.4 Å². The highest BCUT2D eigenvalue weighted by Crippen LogP contribution is 2.21. The molecule has 1 aliphatic rings. The minimum atomic E-state index is -0.193. The Morgan fingerprint density at radius 1 is 1.47 bits per heavy atom. The van der Waals surface area contributed by atoms with Crippen molar-refractivity contribution < 1.29 is 9.53 Å². The molecule has 1 aromatic carbocycles. The lowest BCUT2D eigenvalue weighted by Gasteiger charge is -2.40. The van der Waals surface area contributed by atoms with E-state index < -0.39 is 0 Å². The molecule has 1 aromatic rings. The van der Waals surface area contributed by atoms with E-state index >= 15 is 0 Å². The van der Waals surface area contributed by atoms with Gasteiger partial charge in [0.2, 0.25) is 0 Å². The molecular weight excluding hydrogens is 262 g/mol. The van der Waals surface area contributed by atoms with Gasteiger partial charge in [-0.2, -0.15) is 0 Å². The number of nitrogens with zero attached hydrogens (tertiary/aromatic N) is 1. The number of ether oxygens (including phenoxy) is 1. The van der Waals surface area contributed by atoms with Crippen molar-refractivity contribution in [3.05, 3.63) is 34.9 Å². The highest BCUT2D eigenvalue weighted by molar-refractivity contribution is 6.31. The first-order chi connectivity index (χ1) is 8.89. The lowest BCUT2D eigenvalue weighted by Crippen LogP contribution is -2.53. The molecule has 0 aromatic heterocycles. The van der Waals surface area contributed by atoms with Crippen molar-refractivity contribution in [1.29, 1.82) is 0 Å². The average Bonchev–Trinajstić information content (AvgIpc) is 2.36. The standard InChI is InChI=1S/C15H20ClNO2/c1-11(17-7-8-19-15(2,3)10-17)14(18)12-5-4-6-13(16)9-12/h4-6,9,11H,7-8,10H2,1-3H3. The fourth-order valence-electron chi connectivity index (χ4n) is 2.43. The predicted molar refractivity (Wildman–Crippen MR) is 76.8 cm³/mol. The topological polar surface area (TPSA) is 29.5 Å². The molecule has 0 N–H and O–H groups in total. The smallest absolute Gasteiger partial charge is 0.179 e. The molecule has 0 amide bonds. The maximum absolute atomic E-state index is 12.5. The van der Waals surface area contributed by atoms with Crippen molar-refractivity contribution in [2.24, 2.45) is 0 Å². The van der Waals surface area contributed by atoms with Crippen LogP contribution in [0, 0.1) is 0 Å². The maximum Gasteiger partial charge on any atom is 0.179 e. The molecule has 104 valence electrons. The zero-order valence-electron chi connectivity index (χ0n) is 11.6. The summed E-state index contributed by atoms with van der Waals surface area (Å²) in [6.07, 6.45) is 0. The Labute approximate surface area is 119 Å². The predicted octanol–water partition coefficient (Wildman–Crippen LogP) is 3.02. The molecule has 0 aliphatic carbocycles. The molecule has 1 fully saturated rings. The zero-order valence-corrected chi connectivity index (χ0v) is 12.4. The Morgan fingerprint density at radius 3 is 2.84 bits per heavy atom. The largest absolute Gasteiger partial charge is 0.373 e. The zero-order chi connectivity index (χ0) is 14.0. The molecule has 4 heteroatoms. The van der Waals surface area contributed by atoms with Gasteiger partial charge in [-0.3, -0.25) is 9.69 Å². The maximum atomic E-state index is 12.5. The van der Waals surface area contributed by atoms with Crippen LogP contribution in [0.3, 0.4) is 0 Å². The highest BCUT2D eigenvalue weighted by Gasteiger charge is 2.32. The summed E-state index contributed by atoms with van der Waals surface area (Å²) in [7, 11) is 0. The quantitative estimate of drug-likeness (QED) is 0.798. The first kappa shape index (κ1) is 14.5. The average molecular weight is 282 g/mol. The summed E-state index contributed by atoms with van der Waals surface area (Å²) >= 11 is 5.94. The summed E-state index contributed by atoms with van der Waals surface area (Å²) in [5, 5.41) is 0.598. The molecule has 1 aliphatic heterocycles. The number of hydrogen-bond donors (Lipinski definition) is 0. The van der Waals surface area contributed by atoms with Crippen molar-refractivity contribution in [1.82, 2.24) is 4.90 Å². The summed E-state index contributed by atoms with van der Waals surface area (Å²) in [6.45, 7) is 8.27. The Bertz CT molecular complexity index is 473. The third-order valence-electron chi connectivity index (χ3n) is 3.49. The number of ketones is 1. The highest BCUT2D eigenvalue weighted by atomic mass is 35.5. The monoisotopic (exact) mass is 281 g/mol. The number of morpholine rings is 1. The van der Waals surface area contributed by atoms with Crippen molar-refractivity contribution in [3.63, 3.8) is 0 Å². The van der Waals surface area contributed by atoms with Crippen LogP contribution in [-0.2, 0) is 4.74 Å². The van der Waals surface area contributed by atoms with E-state index in [1.807, 2.05) is 19.1 Å². The van der Waals surface area contributed by atoms with Gasteiger partial charge < -0.3 is 4.74 Å². The summed E-state index contributed by atoms with van der Waals surface area (Å²) in [4.78, 5) is 14.6. The summed E-state index contributed by atoms with van der Waals surface area (Å²) in [5.41, 5.74) is 0.477. The van der Waals surface area contributed by atoms with Crippen LogP contribution >= 0.6 is 11.6 Å². The molecule has 1 saturated heterocycles. The first-order valence-corrected chi connectivity index (χ1v) is 6.95. The third-order valence-corrected chi connectivity index (χ3v) is 3.73. The number of benzene rings is 1. The number of Topliss-reactive ketones (excluding diaryl/α,β-unsaturated/α-hetero) is 1. The van der Waals surface area contributed by atoms with Crippen molar-refractivity contribution >= 4 is 17.4 Å². The third kappa shape index (κ3) is 3.56. The van der Waals surface area contributed by atoms with E-state index in [1.165, 1.54) is 0 Å². The summed E-state index contributed by atoms with van der Waals surface area (Å²) < 4.78 is 5.68. The summed E-state index contributed by atoms with van der Waals surface area (Å²) in [6, 6.07) is 6.98. The second-order valence-electron chi connectivity index (χ2n) is 5.63. The van der Waals surface area contributed by atoms with E-state index in [-0.39, 0.29) is 17.4 Å². The number of carbonyl (C=O) groups excluding carboxylic acids is 1. The number of halogens is 1. The normalized spacial score (nSPS) is 21.1. The molecule has 0 saturated carbocycles. The van der Waals surface area contributed by atoms with Gasteiger partial charge in [0.1, 0.15) is 0 Å². The summed E-state index contributed by atoms with van der Waals surface area (Å²) in [5.74, 6) is 0.111. The Morgan fingerprint density at radius 2 is 2.21 bits per heavy atom. The van der Waals surface area contributed by atoms with E-state index in [4.69, 9.17) is 16.3 Å². The van der Waals surface area contributed by atoms with Crippen LogP contribution in [0.1, 0.15) is 31.1 Å². The fraction of sp³-hybridized carbons (Fsp3) is 0.533. The van der Waals surface area contributed by atoms with Gasteiger partial charge in [-0.1, -0.05) is 23.7 Å². The molecule has 1 heterocycles. The van der Waals surface area contributed by atoms with Gasteiger partial charge in [0, 0.05) is 23.7 Å². The van der Waals surface area contributed by atoms with Crippen LogP contribution in [0.25, 0.3) is 0 Å². The first-order valence-electron chi connectivity index (χ1n) is 6.57. The van der Waals surface area contributed by atoms with E-state index in [9.17, 15) is 4.79 Å².